The van der Waals surface area contributed by atoms with Crippen molar-refractivity contribution in [3.8, 4) is 0 Å². The molecule has 4 heterocycles. The second kappa shape index (κ2) is 3.68. The highest BCUT2D eigenvalue weighted by atomic mass is 16.4. The summed E-state index contributed by atoms with van der Waals surface area (Å²) in [7, 11) is 0. The molecule has 4 N–H and O–H groups in total. The SMILES string of the molecule is O=C(O)C12CC(CN1)C2.O=C(O)C12CC(CN1)C2. The van der Waals surface area contributed by atoms with Crippen LogP contribution in [0.1, 0.15) is 25.7 Å². The van der Waals surface area contributed by atoms with Crippen LogP contribution in [0.5, 0.6) is 0 Å². The van der Waals surface area contributed by atoms with E-state index in [-0.39, 0.29) is 0 Å². The first-order chi connectivity index (χ1) is 8.46. The molecule has 6 nitrogen and oxygen atoms in total. The molecule has 4 bridgehead atoms. The van der Waals surface area contributed by atoms with E-state index in [1.807, 2.05) is 0 Å². The standard InChI is InChI=1S/2C6H9NO2/c2*8-5(9)6-1-4(2-6)3-7-6/h2*4,7H,1-3H2,(H,8,9). The lowest BCUT2D eigenvalue weighted by molar-refractivity contribution is -0.148. The van der Waals surface area contributed by atoms with Crippen molar-refractivity contribution in [2.24, 2.45) is 11.8 Å². The average molecular weight is 254 g/mol. The Labute approximate surface area is 105 Å². The van der Waals surface area contributed by atoms with Gasteiger partial charge in [-0.25, -0.2) is 0 Å². The van der Waals surface area contributed by atoms with Gasteiger partial charge in [-0.1, -0.05) is 0 Å². The predicted octanol–water partition coefficient (Wildman–Crippen LogP) is -0.354. The van der Waals surface area contributed by atoms with E-state index in [0.29, 0.717) is 11.8 Å². The molecule has 0 aromatic carbocycles. The quantitative estimate of drug-likeness (QED) is 0.537. The predicted molar refractivity (Wildman–Crippen MR) is 62.2 cm³/mol. The fraction of sp³-hybridized carbons (Fsp3) is 0.833. The summed E-state index contributed by atoms with van der Waals surface area (Å²) < 4.78 is 0. The van der Waals surface area contributed by atoms with Crippen molar-refractivity contribution in [2.45, 2.75) is 36.8 Å². The Balaban J connectivity index is 0.000000111. The summed E-state index contributed by atoms with van der Waals surface area (Å²) in [6.07, 6.45) is 3.40. The van der Waals surface area contributed by atoms with Gasteiger partial charge in [-0.15, -0.1) is 0 Å². The van der Waals surface area contributed by atoms with Gasteiger partial charge in [0.2, 0.25) is 0 Å². The fourth-order valence-corrected chi connectivity index (χ4v) is 3.61. The lowest BCUT2D eigenvalue weighted by Gasteiger charge is -2.32. The van der Waals surface area contributed by atoms with E-state index in [9.17, 15) is 9.59 Å². The molecule has 0 unspecified atom stereocenters. The highest BCUT2D eigenvalue weighted by molar-refractivity contribution is 5.81. The molecule has 4 aliphatic heterocycles. The molecule has 6 rings (SSSR count). The van der Waals surface area contributed by atoms with E-state index in [1.165, 1.54) is 0 Å². The van der Waals surface area contributed by atoms with Crippen LogP contribution >= 0.6 is 0 Å². The van der Waals surface area contributed by atoms with Gasteiger partial charge in [0.1, 0.15) is 11.1 Å². The molecule has 0 atom stereocenters. The van der Waals surface area contributed by atoms with Gasteiger partial charge < -0.3 is 20.8 Å². The topological polar surface area (TPSA) is 98.7 Å². The molecule has 6 heteroatoms. The Kier molecular flexibility index (Phi) is 2.44. The van der Waals surface area contributed by atoms with Crippen LogP contribution in [-0.4, -0.2) is 46.3 Å². The van der Waals surface area contributed by atoms with Gasteiger partial charge >= 0.3 is 11.9 Å². The van der Waals surface area contributed by atoms with Gasteiger partial charge in [0, 0.05) is 0 Å². The normalized spacial score (nSPS) is 46.4. The molecule has 4 saturated heterocycles. The zero-order valence-electron chi connectivity index (χ0n) is 10.1. The van der Waals surface area contributed by atoms with Gasteiger partial charge in [-0.3, -0.25) is 9.59 Å². The van der Waals surface area contributed by atoms with Crippen LogP contribution in [0.15, 0.2) is 0 Å². The summed E-state index contributed by atoms with van der Waals surface area (Å²) >= 11 is 0. The van der Waals surface area contributed by atoms with Crippen molar-refractivity contribution in [1.82, 2.24) is 10.6 Å². The number of carboxylic acids is 2. The lowest BCUT2D eigenvalue weighted by atomic mass is 9.74. The largest absolute Gasteiger partial charge is 0.480 e. The maximum absolute atomic E-state index is 10.5. The van der Waals surface area contributed by atoms with Crippen LogP contribution < -0.4 is 10.6 Å². The molecule has 0 radical (unpaired) electrons. The lowest BCUT2D eigenvalue weighted by Crippen LogP contribution is -2.50. The zero-order valence-corrected chi connectivity index (χ0v) is 10.1. The average Bonchev–Trinajstić information content (AvgIpc) is 2.96. The number of carboxylic acid groups (broad SMARTS) is 2. The van der Waals surface area contributed by atoms with E-state index in [2.05, 4.69) is 10.6 Å². The third-order valence-electron chi connectivity index (χ3n) is 4.83. The smallest absolute Gasteiger partial charge is 0.323 e. The van der Waals surface area contributed by atoms with Crippen molar-refractivity contribution in [3.63, 3.8) is 0 Å². The molecule has 2 aliphatic carbocycles. The van der Waals surface area contributed by atoms with Gasteiger partial charge in [0.25, 0.3) is 0 Å². The maximum atomic E-state index is 10.5. The molecular formula is C12H18N2O4. The van der Waals surface area contributed by atoms with E-state index in [0.717, 1.165) is 38.8 Å². The van der Waals surface area contributed by atoms with Crippen LogP contribution in [0.4, 0.5) is 0 Å². The number of rotatable bonds is 2. The Morgan fingerprint density at radius 3 is 1.28 bits per heavy atom. The molecule has 100 valence electrons. The Hall–Kier alpha value is -1.14. The molecule has 0 amide bonds. The highest BCUT2D eigenvalue weighted by Gasteiger charge is 2.56. The maximum Gasteiger partial charge on any atom is 0.323 e. The van der Waals surface area contributed by atoms with Crippen LogP contribution in [0, 0.1) is 11.8 Å². The molecule has 18 heavy (non-hydrogen) atoms. The zero-order chi connectivity index (χ0) is 13.0. The minimum Gasteiger partial charge on any atom is -0.480 e. The number of aliphatic carboxylic acids is 2. The minimum absolute atomic E-state index is 0.495. The van der Waals surface area contributed by atoms with E-state index < -0.39 is 23.0 Å². The minimum atomic E-state index is -0.670. The molecule has 0 aromatic heterocycles. The fourth-order valence-electron chi connectivity index (χ4n) is 3.61. The Bertz CT molecular complexity index is 348. The van der Waals surface area contributed by atoms with E-state index >= 15 is 0 Å². The molecule has 0 aromatic rings. The van der Waals surface area contributed by atoms with Crippen molar-refractivity contribution in [1.29, 1.82) is 0 Å². The first-order valence-electron chi connectivity index (χ1n) is 6.43. The molecule has 2 saturated carbocycles. The van der Waals surface area contributed by atoms with Gasteiger partial charge in [-0.2, -0.15) is 0 Å². The highest BCUT2D eigenvalue weighted by Crippen LogP contribution is 2.44. The van der Waals surface area contributed by atoms with Crippen molar-refractivity contribution >= 4 is 11.9 Å². The summed E-state index contributed by atoms with van der Waals surface area (Å²) in [4.78, 5) is 21.0. The second-order valence-electron chi connectivity index (χ2n) is 6.08. The van der Waals surface area contributed by atoms with E-state index in [1.54, 1.807) is 0 Å². The first-order valence-corrected chi connectivity index (χ1v) is 6.43. The molecule has 6 fully saturated rings. The first kappa shape index (κ1) is 11.9. The number of carbonyl (C=O) groups is 2. The van der Waals surface area contributed by atoms with Gasteiger partial charge in [0.05, 0.1) is 0 Å². The van der Waals surface area contributed by atoms with Crippen molar-refractivity contribution in [3.05, 3.63) is 0 Å². The number of nitrogens with one attached hydrogen (secondary N) is 2. The monoisotopic (exact) mass is 254 g/mol. The van der Waals surface area contributed by atoms with E-state index in [4.69, 9.17) is 10.2 Å². The summed E-state index contributed by atoms with van der Waals surface area (Å²) in [5, 5.41) is 23.3. The summed E-state index contributed by atoms with van der Waals surface area (Å²) in [5.41, 5.74) is -0.991. The van der Waals surface area contributed by atoms with Gasteiger partial charge in [0.15, 0.2) is 0 Å². The molecular weight excluding hydrogens is 236 g/mol. The van der Waals surface area contributed by atoms with Crippen LogP contribution in [0.2, 0.25) is 0 Å². The van der Waals surface area contributed by atoms with Crippen molar-refractivity contribution < 1.29 is 19.8 Å². The van der Waals surface area contributed by atoms with Crippen LogP contribution in [0.3, 0.4) is 0 Å². The van der Waals surface area contributed by atoms with Gasteiger partial charge in [-0.05, 0) is 50.6 Å². The van der Waals surface area contributed by atoms with Crippen molar-refractivity contribution in [2.75, 3.05) is 13.1 Å². The van der Waals surface area contributed by atoms with Crippen LogP contribution in [-0.2, 0) is 9.59 Å². The summed E-state index contributed by atoms with van der Waals surface area (Å²) in [5.74, 6) is -0.0327. The second-order valence-corrected chi connectivity index (χ2v) is 6.08. The Morgan fingerprint density at radius 2 is 1.17 bits per heavy atom. The summed E-state index contributed by atoms with van der Waals surface area (Å²) in [6.45, 7) is 1.82. The third-order valence-corrected chi connectivity index (χ3v) is 4.83. The van der Waals surface area contributed by atoms with Crippen LogP contribution in [0.25, 0.3) is 0 Å². The summed E-state index contributed by atoms with van der Waals surface area (Å²) in [6, 6.07) is 0. The number of hydrogen-bond acceptors (Lipinski definition) is 4. The molecule has 6 aliphatic rings. The Morgan fingerprint density at radius 1 is 0.833 bits per heavy atom. The number of hydrogen-bond donors (Lipinski definition) is 4. The number of fused-ring (bicyclic) bond motifs is 2. The third kappa shape index (κ3) is 1.55. The molecule has 0 spiro atoms.